The van der Waals surface area contributed by atoms with Gasteiger partial charge in [0.1, 0.15) is 11.4 Å². The van der Waals surface area contributed by atoms with Gasteiger partial charge in [0.25, 0.3) is 0 Å². The molecule has 0 spiro atoms. The Balaban J connectivity index is 0.000000200. The van der Waals surface area contributed by atoms with E-state index in [1.165, 1.54) is 0 Å². The zero-order valence-corrected chi connectivity index (χ0v) is 10.3. The van der Waals surface area contributed by atoms with Crippen LogP contribution in [0.4, 0.5) is 40.6 Å². The van der Waals surface area contributed by atoms with Crippen molar-refractivity contribution in [3.05, 3.63) is 0 Å². The molecular formula is C8H15N11O. The second-order valence-electron chi connectivity index (χ2n) is 3.47. The molecule has 108 valence electrons. The summed E-state index contributed by atoms with van der Waals surface area (Å²) in [5.41, 5.74) is 37.0. The van der Waals surface area contributed by atoms with E-state index in [4.69, 9.17) is 45.2 Å². The van der Waals surface area contributed by atoms with E-state index in [1.807, 2.05) is 0 Å². The van der Waals surface area contributed by atoms with E-state index in [9.17, 15) is 0 Å². The van der Waals surface area contributed by atoms with Crippen LogP contribution in [0, 0.1) is 0 Å². The zero-order valence-electron chi connectivity index (χ0n) is 10.3. The quantitative estimate of drug-likeness (QED) is 0.254. The highest BCUT2D eigenvalue weighted by atomic mass is 16.3. The summed E-state index contributed by atoms with van der Waals surface area (Å²) >= 11 is 0. The lowest BCUT2D eigenvalue weighted by Gasteiger charge is -2.01. The molecule has 2 aromatic heterocycles. The maximum atomic E-state index is 8.68. The summed E-state index contributed by atoms with van der Waals surface area (Å²) < 4.78 is 0. The maximum absolute atomic E-state index is 8.68. The highest BCUT2D eigenvalue weighted by molar-refractivity contribution is 5.72. The summed E-state index contributed by atoms with van der Waals surface area (Å²) in [5, 5.41) is 8.68. The van der Waals surface area contributed by atoms with Crippen molar-refractivity contribution < 1.29 is 5.11 Å². The Kier molecular flexibility index (Phi) is 4.00. The molecule has 2 heterocycles. The Morgan fingerprint density at radius 3 is 1.20 bits per heavy atom. The second kappa shape index (κ2) is 5.47. The van der Waals surface area contributed by atoms with Crippen molar-refractivity contribution in [2.45, 2.75) is 0 Å². The number of aromatic hydroxyl groups is 1. The van der Waals surface area contributed by atoms with Crippen molar-refractivity contribution in [2.75, 3.05) is 40.1 Å². The zero-order chi connectivity index (χ0) is 15.4. The average Bonchev–Trinajstić information content (AvgIpc) is 2.33. The number of nitrogen functional groups attached to an aromatic ring is 7. The van der Waals surface area contributed by atoms with Crippen LogP contribution in [-0.2, 0) is 0 Å². The van der Waals surface area contributed by atoms with Crippen molar-refractivity contribution >= 4 is 40.6 Å². The molecule has 0 fully saturated rings. The number of rotatable bonds is 0. The van der Waals surface area contributed by atoms with Crippen LogP contribution in [-0.4, -0.2) is 25.0 Å². The number of hydrogen-bond donors (Lipinski definition) is 8. The summed E-state index contributed by atoms with van der Waals surface area (Å²) in [4.78, 5) is 13.8. The largest absolute Gasteiger partial charge is 0.479 e. The van der Waals surface area contributed by atoms with Gasteiger partial charge < -0.3 is 45.2 Å². The standard InChI is InChI=1S/C4H8N6.C4H7N5O/c5-1-2(6)9-4(8)10-3(1)7;5-1-2(6)8-4(10)9-3(1)7/h5H2,(H6,6,7,8,9,10);5H2,(H5,6,7,8,9,10). The third-order valence-electron chi connectivity index (χ3n) is 2.01. The maximum Gasteiger partial charge on any atom is 0.317 e. The fourth-order valence-corrected chi connectivity index (χ4v) is 1.02. The lowest BCUT2D eigenvalue weighted by Crippen LogP contribution is -2.07. The molecular weight excluding hydrogens is 266 g/mol. The minimum absolute atomic E-state index is 0.00926. The molecule has 0 saturated heterocycles. The molecule has 15 N–H and O–H groups in total. The first-order valence-electron chi connectivity index (χ1n) is 5.03. The molecule has 0 unspecified atom stereocenters. The monoisotopic (exact) mass is 281 g/mol. The van der Waals surface area contributed by atoms with E-state index in [0.717, 1.165) is 0 Å². The lowest BCUT2D eigenvalue weighted by atomic mass is 10.4. The van der Waals surface area contributed by atoms with Gasteiger partial charge in [-0.3, -0.25) is 0 Å². The first-order chi connectivity index (χ1) is 9.22. The van der Waals surface area contributed by atoms with Gasteiger partial charge in [-0.25, -0.2) is 0 Å². The molecule has 0 amide bonds. The van der Waals surface area contributed by atoms with Crippen LogP contribution in [0.3, 0.4) is 0 Å². The van der Waals surface area contributed by atoms with Crippen molar-refractivity contribution in [3.63, 3.8) is 0 Å². The molecule has 0 saturated carbocycles. The van der Waals surface area contributed by atoms with Crippen LogP contribution in [0.15, 0.2) is 0 Å². The molecule has 12 nitrogen and oxygen atoms in total. The Morgan fingerprint density at radius 1 is 0.550 bits per heavy atom. The van der Waals surface area contributed by atoms with E-state index in [2.05, 4.69) is 19.9 Å². The van der Waals surface area contributed by atoms with Gasteiger partial charge in [0, 0.05) is 0 Å². The molecule has 2 aromatic rings. The molecule has 0 radical (unpaired) electrons. The molecule has 0 aliphatic rings. The van der Waals surface area contributed by atoms with Crippen LogP contribution in [0.2, 0.25) is 0 Å². The normalized spacial score (nSPS) is 9.60. The van der Waals surface area contributed by atoms with E-state index in [-0.39, 0.29) is 40.6 Å². The SMILES string of the molecule is Nc1nc(N)c(N)c(N)n1.Nc1nc(O)nc(N)c1N. The van der Waals surface area contributed by atoms with Gasteiger partial charge >= 0.3 is 6.01 Å². The van der Waals surface area contributed by atoms with E-state index in [0.29, 0.717) is 0 Å². The van der Waals surface area contributed by atoms with E-state index >= 15 is 0 Å². The van der Waals surface area contributed by atoms with E-state index < -0.39 is 6.01 Å². The second-order valence-corrected chi connectivity index (χ2v) is 3.47. The van der Waals surface area contributed by atoms with Gasteiger partial charge in [0.15, 0.2) is 23.3 Å². The predicted octanol–water partition coefficient (Wildman–Crippen LogP) is -2.27. The summed E-state index contributed by atoms with van der Waals surface area (Å²) in [7, 11) is 0. The van der Waals surface area contributed by atoms with Crippen molar-refractivity contribution in [1.82, 2.24) is 19.9 Å². The number of hydrogen-bond acceptors (Lipinski definition) is 12. The third-order valence-corrected chi connectivity index (χ3v) is 2.01. The Hall–Kier alpha value is -3.44. The van der Waals surface area contributed by atoms with Crippen LogP contribution in [0.25, 0.3) is 0 Å². The minimum atomic E-state index is -0.468. The van der Waals surface area contributed by atoms with Crippen LogP contribution in [0.5, 0.6) is 6.01 Å². The summed E-state index contributed by atoms with van der Waals surface area (Å²) in [6.45, 7) is 0. The predicted molar refractivity (Wildman–Crippen MR) is 76.6 cm³/mol. The molecule has 0 atom stereocenters. The fraction of sp³-hybridized carbons (Fsp3) is 0. The topological polar surface area (TPSA) is 254 Å². The first-order valence-corrected chi connectivity index (χ1v) is 5.03. The Labute approximate surface area is 113 Å². The first kappa shape index (κ1) is 14.6. The van der Waals surface area contributed by atoms with Gasteiger partial charge in [0.2, 0.25) is 5.95 Å². The van der Waals surface area contributed by atoms with Crippen molar-refractivity contribution in [2.24, 2.45) is 0 Å². The summed E-state index contributed by atoms with van der Waals surface area (Å²) in [6, 6.07) is -0.468. The molecule has 12 heteroatoms. The number of nitrogens with two attached hydrogens (primary N) is 7. The summed E-state index contributed by atoms with van der Waals surface area (Å²) in [6.07, 6.45) is 0. The van der Waals surface area contributed by atoms with Crippen molar-refractivity contribution in [3.8, 4) is 6.01 Å². The number of anilines is 7. The molecule has 2 rings (SSSR count). The molecule has 20 heavy (non-hydrogen) atoms. The van der Waals surface area contributed by atoms with Gasteiger partial charge in [-0.2, -0.15) is 19.9 Å². The molecule has 0 aromatic carbocycles. The smallest absolute Gasteiger partial charge is 0.317 e. The van der Waals surface area contributed by atoms with Gasteiger partial charge in [-0.05, 0) is 0 Å². The van der Waals surface area contributed by atoms with Crippen LogP contribution < -0.4 is 40.1 Å². The van der Waals surface area contributed by atoms with Gasteiger partial charge in [-0.15, -0.1) is 0 Å². The van der Waals surface area contributed by atoms with Crippen molar-refractivity contribution in [1.29, 1.82) is 0 Å². The molecule has 0 bridgehead atoms. The third kappa shape index (κ3) is 3.28. The highest BCUT2D eigenvalue weighted by Crippen LogP contribution is 2.19. The van der Waals surface area contributed by atoms with Crippen LogP contribution >= 0.6 is 0 Å². The molecule has 0 aliphatic heterocycles. The lowest BCUT2D eigenvalue weighted by molar-refractivity contribution is 0.433. The fourth-order valence-electron chi connectivity index (χ4n) is 1.02. The Bertz CT molecular complexity index is 526. The van der Waals surface area contributed by atoms with Gasteiger partial charge in [-0.1, -0.05) is 0 Å². The minimum Gasteiger partial charge on any atom is -0.479 e. The average molecular weight is 281 g/mol. The highest BCUT2D eigenvalue weighted by Gasteiger charge is 2.04. The van der Waals surface area contributed by atoms with E-state index in [1.54, 1.807) is 0 Å². The number of aromatic nitrogens is 4. The Morgan fingerprint density at radius 2 is 0.850 bits per heavy atom. The van der Waals surface area contributed by atoms with Gasteiger partial charge in [0.05, 0.1) is 0 Å². The summed E-state index contributed by atoms with van der Waals surface area (Å²) in [5.74, 6) is 0.245. The number of nitrogens with zero attached hydrogens (tertiary/aromatic N) is 4. The van der Waals surface area contributed by atoms with Crippen LogP contribution in [0.1, 0.15) is 0 Å². The molecule has 0 aliphatic carbocycles.